The first-order chi connectivity index (χ1) is 9.22. The first-order valence-electron chi connectivity index (χ1n) is 6.24. The van der Waals surface area contributed by atoms with E-state index in [1.54, 1.807) is 0 Å². The van der Waals surface area contributed by atoms with Gasteiger partial charge in [0.2, 0.25) is 0 Å². The highest BCUT2D eigenvalue weighted by atomic mass is 79.9. The minimum absolute atomic E-state index is 0.653. The molecule has 19 heavy (non-hydrogen) atoms. The molecule has 0 amide bonds. The van der Waals surface area contributed by atoms with Gasteiger partial charge in [0.25, 0.3) is 0 Å². The number of aryl methyl sites for hydroxylation is 1. The molecular weight excluding hydrogens is 300 g/mol. The predicted octanol–water partition coefficient (Wildman–Crippen LogP) is 4.50. The van der Waals surface area contributed by atoms with Crippen molar-refractivity contribution in [3.8, 4) is 6.07 Å². The molecule has 2 aromatic carbocycles. The van der Waals surface area contributed by atoms with E-state index in [1.165, 1.54) is 11.1 Å². The van der Waals surface area contributed by atoms with Crippen LogP contribution in [0, 0.1) is 11.3 Å². The average molecular weight is 315 g/mol. The van der Waals surface area contributed by atoms with E-state index in [0.717, 1.165) is 23.1 Å². The van der Waals surface area contributed by atoms with Crippen LogP contribution in [0.5, 0.6) is 0 Å². The van der Waals surface area contributed by atoms with Crippen molar-refractivity contribution in [1.82, 2.24) is 0 Å². The predicted molar refractivity (Wildman–Crippen MR) is 82.0 cm³/mol. The summed E-state index contributed by atoms with van der Waals surface area (Å²) in [6.45, 7) is 2.93. The maximum absolute atomic E-state index is 8.96. The van der Waals surface area contributed by atoms with E-state index in [0.29, 0.717) is 5.56 Å². The van der Waals surface area contributed by atoms with E-state index in [1.807, 2.05) is 18.2 Å². The highest BCUT2D eigenvalue weighted by molar-refractivity contribution is 9.10. The van der Waals surface area contributed by atoms with Crippen molar-refractivity contribution in [2.24, 2.45) is 0 Å². The summed E-state index contributed by atoms with van der Waals surface area (Å²) >= 11 is 3.42. The molecule has 0 aromatic heterocycles. The zero-order valence-corrected chi connectivity index (χ0v) is 12.4. The SMILES string of the molecule is CCc1ccccc1CNc1cc(Br)cc(C#N)c1. The van der Waals surface area contributed by atoms with Crippen LogP contribution in [0.4, 0.5) is 5.69 Å². The van der Waals surface area contributed by atoms with Crippen molar-refractivity contribution in [3.05, 3.63) is 63.6 Å². The Morgan fingerprint density at radius 3 is 2.58 bits per heavy atom. The number of benzene rings is 2. The Morgan fingerprint density at radius 1 is 1.16 bits per heavy atom. The van der Waals surface area contributed by atoms with Crippen LogP contribution >= 0.6 is 15.9 Å². The second kappa shape index (κ2) is 6.40. The summed E-state index contributed by atoms with van der Waals surface area (Å²) in [5, 5.41) is 12.3. The van der Waals surface area contributed by atoms with E-state index in [4.69, 9.17) is 5.26 Å². The second-order valence-corrected chi connectivity index (χ2v) is 5.23. The van der Waals surface area contributed by atoms with Gasteiger partial charge in [-0.05, 0) is 35.7 Å². The molecule has 0 aliphatic rings. The maximum atomic E-state index is 8.96. The molecule has 2 rings (SSSR count). The summed E-state index contributed by atoms with van der Waals surface area (Å²) in [5.74, 6) is 0. The number of hydrogen-bond acceptors (Lipinski definition) is 2. The molecule has 0 spiro atoms. The van der Waals surface area contributed by atoms with Crippen molar-refractivity contribution in [1.29, 1.82) is 5.26 Å². The standard InChI is InChI=1S/C16H15BrN2/c1-2-13-5-3-4-6-14(13)11-19-16-8-12(10-18)7-15(17)9-16/h3-9,19H,2,11H2,1H3. The van der Waals surface area contributed by atoms with Gasteiger partial charge in [0.05, 0.1) is 11.6 Å². The molecule has 0 saturated heterocycles. The largest absolute Gasteiger partial charge is 0.381 e. The van der Waals surface area contributed by atoms with Crippen LogP contribution in [0.15, 0.2) is 46.9 Å². The summed E-state index contributed by atoms with van der Waals surface area (Å²) in [4.78, 5) is 0. The molecule has 96 valence electrons. The van der Waals surface area contributed by atoms with Crippen LogP contribution in [0.3, 0.4) is 0 Å². The van der Waals surface area contributed by atoms with Crippen LogP contribution in [0.25, 0.3) is 0 Å². The Balaban J connectivity index is 2.15. The van der Waals surface area contributed by atoms with Crippen molar-refractivity contribution < 1.29 is 0 Å². The summed E-state index contributed by atoms with van der Waals surface area (Å²) in [6.07, 6.45) is 1.03. The maximum Gasteiger partial charge on any atom is 0.0992 e. The fourth-order valence-electron chi connectivity index (χ4n) is 2.03. The molecule has 0 aliphatic carbocycles. The van der Waals surface area contributed by atoms with Gasteiger partial charge in [-0.15, -0.1) is 0 Å². The topological polar surface area (TPSA) is 35.8 Å². The molecule has 3 heteroatoms. The number of nitriles is 1. The summed E-state index contributed by atoms with van der Waals surface area (Å²) < 4.78 is 0.915. The summed E-state index contributed by atoms with van der Waals surface area (Å²) in [7, 11) is 0. The molecule has 2 nitrogen and oxygen atoms in total. The van der Waals surface area contributed by atoms with E-state index in [-0.39, 0.29) is 0 Å². The Labute approximate surface area is 122 Å². The van der Waals surface area contributed by atoms with Gasteiger partial charge in [-0.25, -0.2) is 0 Å². The van der Waals surface area contributed by atoms with Crippen LogP contribution in [0.1, 0.15) is 23.6 Å². The highest BCUT2D eigenvalue weighted by Crippen LogP contribution is 2.20. The fraction of sp³-hybridized carbons (Fsp3) is 0.188. The molecule has 1 N–H and O–H groups in total. The second-order valence-electron chi connectivity index (χ2n) is 4.32. The van der Waals surface area contributed by atoms with Crippen LogP contribution in [0.2, 0.25) is 0 Å². The van der Waals surface area contributed by atoms with E-state index in [2.05, 4.69) is 58.5 Å². The van der Waals surface area contributed by atoms with Gasteiger partial charge in [-0.3, -0.25) is 0 Å². The molecule has 0 atom stereocenters. The van der Waals surface area contributed by atoms with E-state index >= 15 is 0 Å². The lowest BCUT2D eigenvalue weighted by atomic mass is 10.1. The normalized spacial score (nSPS) is 9.95. The Kier molecular flexibility index (Phi) is 4.59. The van der Waals surface area contributed by atoms with Crippen molar-refractivity contribution in [2.45, 2.75) is 19.9 Å². The molecule has 0 bridgehead atoms. The first kappa shape index (κ1) is 13.6. The minimum Gasteiger partial charge on any atom is -0.381 e. The van der Waals surface area contributed by atoms with Crippen LogP contribution < -0.4 is 5.32 Å². The molecule has 0 aliphatic heterocycles. The third kappa shape index (κ3) is 3.59. The zero-order chi connectivity index (χ0) is 13.7. The number of nitrogens with one attached hydrogen (secondary N) is 1. The number of hydrogen-bond donors (Lipinski definition) is 1. The van der Waals surface area contributed by atoms with Gasteiger partial charge in [-0.1, -0.05) is 47.1 Å². The van der Waals surface area contributed by atoms with Gasteiger partial charge in [-0.2, -0.15) is 5.26 Å². The molecule has 0 saturated carbocycles. The number of anilines is 1. The summed E-state index contributed by atoms with van der Waals surface area (Å²) in [6, 6.07) is 16.2. The number of halogens is 1. The van der Waals surface area contributed by atoms with E-state index in [9.17, 15) is 0 Å². The molecule has 0 heterocycles. The Hall–Kier alpha value is -1.79. The monoisotopic (exact) mass is 314 g/mol. The molecular formula is C16H15BrN2. The van der Waals surface area contributed by atoms with Gasteiger partial charge in [0, 0.05) is 16.7 Å². The quantitative estimate of drug-likeness (QED) is 0.902. The van der Waals surface area contributed by atoms with Gasteiger partial charge < -0.3 is 5.32 Å². The lowest BCUT2D eigenvalue weighted by Gasteiger charge is -2.11. The van der Waals surface area contributed by atoms with Gasteiger partial charge >= 0.3 is 0 Å². The third-order valence-corrected chi connectivity index (χ3v) is 3.47. The third-order valence-electron chi connectivity index (χ3n) is 3.01. The number of nitrogens with zero attached hydrogens (tertiary/aromatic N) is 1. The lowest BCUT2D eigenvalue weighted by molar-refractivity contribution is 1.04. The summed E-state index contributed by atoms with van der Waals surface area (Å²) in [5.41, 5.74) is 4.26. The van der Waals surface area contributed by atoms with Gasteiger partial charge in [0.1, 0.15) is 0 Å². The fourth-order valence-corrected chi connectivity index (χ4v) is 2.52. The number of rotatable bonds is 4. The van der Waals surface area contributed by atoms with Crippen molar-refractivity contribution in [2.75, 3.05) is 5.32 Å². The van der Waals surface area contributed by atoms with Gasteiger partial charge in [0.15, 0.2) is 0 Å². The van der Waals surface area contributed by atoms with Crippen LogP contribution in [-0.4, -0.2) is 0 Å². The molecule has 0 fully saturated rings. The molecule has 2 aromatic rings. The Morgan fingerprint density at radius 2 is 1.89 bits per heavy atom. The lowest BCUT2D eigenvalue weighted by Crippen LogP contribution is -2.02. The van der Waals surface area contributed by atoms with E-state index < -0.39 is 0 Å². The average Bonchev–Trinajstić information content (AvgIpc) is 2.44. The smallest absolute Gasteiger partial charge is 0.0992 e. The Bertz CT molecular complexity index is 614. The molecule has 0 radical (unpaired) electrons. The minimum atomic E-state index is 0.653. The van der Waals surface area contributed by atoms with Crippen molar-refractivity contribution >= 4 is 21.6 Å². The van der Waals surface area contributed by atoms with Crippen LogP contribution in [-0.2, 0) is 13.0 Å². The first-order valence-corrected chi connectivity index (χ1v) is 7.03. The molecule has 0 unspecified atom stereocenters. The zero-order valence-electron chi connectivity index (χ0n) is 10.8. The van der Waals surface area contributed by atoms with Crippen molar-refractivity contribution in [3.63, 3.8) is 0 Å². The highest BCUT2D eigenvalue weighted by Gasteiger charge is 2.02.